The minimum Gasteiger partial charge on any atom is -0.354 e. The van der Waals surface area contributed by atoms with Crippen LogP contribution in [0.5, 0.6) is 0 Å². The van der Waals surface area contributed by atoms with Crippen LogP contribution in [0.25, 0.3) is 0 Å². The molecule has 2 amide bonds. The highest BCUT2D eigenvalue weighted by atomic mass is 16.2. The highest BCUT2D eigenvalue weighted by Crippen LogP contribution is 2.19. The molecule has 26 heavy (non-hydrogen) atoms. The van der Waals surface area contributed by atoms with Crippen LogP contribution in [0.3, 0.4) is 0 Å². The van der Waals surface area contributed by atoms with E-state index in [1.54, 1.807) is 0 Å². The molecule has 5 heteroatoms. The van der Waals surface area contributed by atoms with E-state index in [-0.39, 0.29) is 23.8 Å². The third-order valence-corrected chi connectivity index (χ3v) is 4.90. The van der Waals surface area contributed by atoms with Crippen LogP contribution in [-0.4, -0.2) is 36.3 Å². The standard InChI is InChI=1S/C21H25N3O2/c22-19(16-7-3-1-4-8-16)15-23-20(25)17-11-13-24(14-12-17)21(26)18-9-5-2-6-10-18/h1-10,17,19H,11-15,22H2,(H,23,25). The van der Waals surface area contributed by atoms with Gasteiger partial charge in [0.05, 0.1) is 0 Å². The lowest BCUT2D eigenvalue weighted by molar-refractivity contribution is -0.126. The molecule has 0 bridgehead atoms. The van der Waals surface area contributed by atoms with E-state index in [1.807, 2.05) is 65.6 Å². The fourth-order valence-electron chi connectivity index (χ4n) is 3.28. The maximum absolute atomic E-state index is 12.5. The molecule has 3 rings (SSSR count). The number of carbonyl (C=O) groups is 2. The van der Waals surface area contributed by atoms with Crippen LogP contribution in [0.4, 0.5) is 0 Å². The summed E-state index contributed by atoms with van der Waals surface area (Å²) < 4.78 is 0. The van der Waals surface area contributed by atoms with Crippen LogP contribution in [0.2, 0.25) is 0 Å². The molecule has 0 aromatic heterocycles. The predicted octanol–water partition coefficient (Wildman–Crippen LogP) is 2.36. The van der Waals surface area contributed by atoms with Crippen molar-refractivity contribution in [1.29, 1.82) is 0 Å². The van der Waals surface area contributed by atoms with Crippen molar-refractivity contribution in [3.05, 3.63) is 71.8 Å². The SMILES string of the molecule is NC(CNC(=O)C1CCN(C(=O)c2ccccc2)CC1)c1ccccc1. The number of nitrogens with zero attached hydrogens (tertiary/aromatic N) is 1. The van der Waals surface area contributed by atoms with Gasteiger partial charge in [0.1, 0.15) is 0 Å². The van der Waals surface area contributed by atoms with Crippen molar-refractivity contribution in [3.8, 4) is 0 Å². The maximum Gasteiger partial charge on any atom is 0.253 e. The topological polar surface area (TPSA) is 75.4 Å². The van der Waals surface area contributed by atoms with Gasteiger partial charge in [0, 0.05) is 37.2 Å². The van der Waals surface area contributed by atoms with Crippen molar-refractivity contribution in [3.63, 3.8) is 0 Å². The van der Waals surface area contributed by atoms with Crippen molar-refractivity contribution < 1.29 is 9.59 Å². The fourth-order valence-corrected chi connectivity index (χ4v) is 3.28. The molecule has 2 aromatic rings. The fraction of sp³-hybridized carbons (Fsp3) is 0.333. The second-order valence-corrected chi connectivity index (χ2v) is 6.69. The number of piperidine rings is 1. The molecule has 1 aliphatic rings. The maximum atomic E-state index is 12.5. The number of rotatable bonds is 5. The average Bonchev–Trinajstić information content (AvgIpc) is 2.72. The van der Waals surface area contributed by atoms with Gasteiger partial charge in [-0.25, -0.2) is 0 Å². The molecule has 5 nitrogen and oxygen atoms in total. The van der Waals surface area contributed by atoms with Crippen LogP contribution in [-0.2, 0) is 4.79 Å². The Balaban J connectivity index is 1.46. The molecular weight excluding hydrogens is 326 g/mol. The molecule has 0 radical (unpaired) electrons. The van der Waals surface area contributed by atoms with Gasteiger partial charge in [-0.2, -0.15) is 0 Å². The van der Waals surface area contributed by atoms with Gasteiger partial charge < -0.3 is 16.0 Å². The van der Waals surface area contributed by atoms with Crippen LogP contribution < -0.4 is 11.1 Å². The summed E-state index contributed by atoms with van der Waals surface area (Å²) in [6, 6.07) is 18.8. The van der Waals surface area contributed by atoms with Crippen LogP contribution in [0.1, 0.15) is 34.8 Å². The van der Waals surface area contributed by atoms with E-state index in [9.17, 15) is 9.59 Å². The number of amides is 2. The van der Waals surface area contributed by atoms with Gasteiger partial charge in [-0.15, -0.1) is 0 Å². The number of nitrogens with one attached hydrogen (secondary N) is 1. The number of hydrogen-bond donors (Lipinski definition) is 2. The molecule has 0 aliphatic carbocycles. The Morgan fingerprint density at radius 3 is 2.19 bits per heavy atom. The van der Waals surface area contributed by atoms with Crippen LogP contribution >= 0.6 is 0 Å². The van der Waals surface area contributed by atoms with Crippen molar-refractivity contribution in [1.82, 2.24) is 10.2 Å². The first kappa shape index (κ1) is 18.1. The van der Waals surface area contributed by atoms with Gasteiger partial charge in [-0.05, 0) is 30.5 Å². The minimum atomic E-state index is -0.208. The molecule has 1 saturated heterocycles. The zero-order chi connectivity index (χ0) is 18.4. The zero-order valence-electron chi connectivity index (χ0n) is 14.8. The van der Waals surface area contributed by atoms with E-state index in [0.717, 1.165) is 5.56 Å². The smallest absolute Gasteiger partial charge is 0.253 e. The number of carbonyl (C=O) groups excluding carboxylic acids is 2. The zero-order valence-corrected chi connectivity index (χ0v) is 14.8. The summed E-state index contributed by atoms with van der Waals surface area (Å²) >= 11 is 0. The molecule has 0 spiro atoms. The van der Waals surface area contributed by atoms with E-state index in [2.05, 4.69) is 5.32 Å². The van der Waals surface area contributed by atoms with E-state index in [0.29, 0.717) is 38.0 Å². The molecule has 1 atom stereocenters. The second-order valence-electron chi connectivity index (χ2n) is 6.69. The van der Waals surface area contributed by atoms with Gasteiger partial charge in [-0.1, -0.05) is 48.5 Å². The highest BCUT2D eigenvalue weighted by molar-refractivity contribution is 5.94. The Labute approximate surface area is 154 Å². The summed E-state index contributed by atoms with van der Waals surface area (Å²) in [7, 11) is 0. The highest BCUT2D eigenvalue weighted by Gasteiger charge is 2.27. The Bertz CT molecular complexity index is 725. The Morgan fingerprint density at radius 1 is 1.00 bits per heavy atom. The number of likely N-dealkylation sites (tertiary alicyclic amines) is 1. The number of benzene rings is 2. The lowest BCUT2D eigenvalue weighted by Crippen LogP contribution is -2.44. The van der Waals surface area contributed by atoms with Gasteiger partial charge in [-0.3, -0.25) is 9.59 Å². The number of hydrogen-bond acceptors (Lipinski definition) is 3. The van der Waals surface area contributed by atoms with Crippen molar-refractivity contribution in [2.45, 2.75) is 18.9 Å². The van der Waals surface area contributed by atoms with Crippen LogP contribution in [0, 0.1) is 5.92 Å². The largest absolute Gasteiger partial charge is 0.354 e. The van der Waals surface area contributed by atoms with Gasteiger partial charge in [0.25, 0.3) is 5.91 Å². The third-order valence-electron chi connectivity index (χ3n) is 4.90. The average molecular weight is 351 g/mol. The first-order valence-corrected chi connectivity index (χ1v) is 9.07. The van der Waals surface area contributed by atoms with Crippen molar-refractivity contribution >= 4 is 11.8 Å². The van der Waals surface area contributed by atoms with Crippen molar-refractivity contribution in [2.24, 2.45) is 11.7 Å². The summed E-state index contributed by atoms with van der Waals surface area (Å²) in [5.74, 6) is 0.0107. The molecule has 1 aliphatic heterocycles. The summed E-state index contributed by atoms with van der Waals surface area (Å²) in [5, 5.41) is 2.96. The lowest BCUT2D eigenvalue weighted by atomic mass is 9.95. The second kappa shape index (κ2) is 8.63. The molecule has 136 valence electrons. The van der Waals surface area contributed by atoms with E-state index in [4.69, 9.17) is 5.73 Å². The molecular formula is C21H25N3O2. The quantitative estimate of drug-likeness (QED) is 0.868. The normalized spacial score (nSPS) is 16.1. The molecule has 1 fully saturated rings. The van der Waals surface area contributed by atoms with E-state index < -0.39 is 0 Å². The summed E-state index contributed by atoms with van der Waals surface area (Å²) in [5.41, 5.74) is 7.84. The van der Waals surface area contributed by atoms with Crippen LogP contribution in [0.15, 0.2) is 60.7 Å². The predicted molar refractivity (Wildman–Crippen MR) is 101 cm³/mol. The monoisotopic (exact) mass is 351 g/mol. The van der Waals surface area contributed by atoms with Gasteiger partial charge in [0.2, 0.25) is 5.91 Å². The van der Waals surface area contributed by atoms with E-state index in [1.165, 1.54) is 0 Å². The Kier molecular flexibility index (Phi) is 6.02. The summed E-state index contributed by atoms with van der Waals surface area (Å²) in [6.07, 6.45) is 1.37. The molecule has 0 saturated carbocycles. The van der Waals surface area contributed by atoms with Crippen molar-refractivity contribution in [2.75, 3.05) is 19.6 Å². The first-order valence-electron chi connectivity index (χ1n) is 9.07. The van der Waals surface area contributed by atoms with E-state index >= 15 is 0 Å². The summed E-state index contributed by atoms with van der Waals surface area (Å²) in [4.78, 5) is 26.7. The molecule has 1 heterocycles. The summed E-state index contributed by atoms with van der Waals surface area (Å²) in [6.45, 7) is 1.64. The molecule has 2 aromatic carbocycles. The Hall–Kier alpha value is -2.66. The lowest BCUT2D eigenvalue weighted by Gasteiger charge is -2.31. The minimum absolute atomic E-state index is 0.0307. The third kappa shape index (κ3) is 4.49. The molecule has 3 N–H and O–H groups in total. The van der Waals surface area contributed by atoms with Gasteiger partial charge >= 0.3 is 0 Å². The van der Waals surface area contributed by atoms with Gasteiger partial charge in [0.15, 0.2) is 0 Å². The Morgan fingerprint density at radius 2 is 1.58 bits per heavy atom. The number of nitrogens with two attached hydrogens (primary N) is 1. The first-order chi connectivity index (χ1) is 12.6. The molecule has 1 unspecified atom stereocenters.